The number of nitriles is 1. The topological polar surface area (TPSA) is 66.7 Å². The molecule has 2 N–H and O–H groups in total. The quantitative estimate of drug-likeness (QED) is 0.161. The monoisotopic (exact) mass is 540 g/mol. The van der Waals surface area contributed by atoms with E-state index >= 15 is 4.39 Å². The van der Waals surface area contributed by atoms with Crippen LogP contribution < -0.4 is 10.6 Å². The zero-order chi connectivity index (χ0) is 28.7. The lowest BCUT2D eigenvalue weighted by atomic mass is 9.85. The molecule has 7 heteroatoms. The normalized spacial score (nSPS) is 16.9. The number of piperidine rings is 1. The fraction of sp³-hybridized carbons (Fsp3) is 0.394. The maximum Gasteiger partial charge on any atom is 0.139 e. The Morgan fingerprint density at radius 2 is 1.73 bits per heavy atom. The number of nitrogens with zero attached hydrogens (tertiary/aromatic N) is 4. The van der Waals surface area contributed by atoms with Crippen LogP contribution in [0.2, 0.25) is 0 Å². The number of halogens is 1. The summed E-state index contributed by atoms with van der Waals surface area (Å²) >= 11 is 0. The number of likely N-dealkylation sites (tertiary alicyclic amines) is 2. The van der Waals surface area contributed by atoms with Gasteiger partial charge in [-0.1, -0.05) is 31.4 Å². The van der Waals surface area contributed by atoms with Gasteiger partial charge in [0.25, 0.3) is 0 Å². The largest absolute Gasteiger partial charge is 0.371 e. The van der Waals surface area contributed by atoms with Gasteiger partial charge >= 0.3 is 0 Å². The number of benzene rings is 2. The van der Waals surface area contributed by atoms with E-state index in [0.717, 1.165) is 30.2 Å². The number of rotatable bonds is 11. The highest BCUT2D eigenvalue weighted by molar-refractivity contribution is 5.66. The number of hydrogen-bond donors (Lipinski definition) is 2. The molecule has 2 aliphatic heterocycles. The molecule has 2 fully saturated rings. The van der Waals surface area contributed by atoms with Crippen molar-refractivity contribution in [3.8, 4) is 6.07 Å². The first-order valence-electron chi connectivity index (χ1n) is 14.0. The van der Waals surface area contributed by atoms with Crippen molar-refractivity contribution in [1.82, 2.24) is 20.4 Å². The van der Waals surface area contributed by atoms with Crippen LogP contribution in [0.4, 0.5) is 4.39 Å². The molecule has 4 rings (SSSR count). The highest BCUT2D eigenvalue weighted by Gasteiger charge is 2.36. The predicted molar refractivity (Wildman–Crippen MR) is 162 cm³/mol. The van der Waals surface area contributed by atoms with Gasteiger partial charge in [0.15, 0.2) is 0 Å². The van der Waals surface area contributed by atoms with E-state index in [1.54, 1.807) is 24.3 Å². The van der Waals surface area contributed by atoms with Crippen molar-refractivity contribution in [3.05, 3.63) is 101 Å². The van der Waals surface area contributed by atoms with E-state index in [-0.39, 0.29) is 0 Å². The van der Waals surface area contributed by atoms with Crippen molar-refractivity contribution in [2.24, 2.45) is 4.99 Å². The second-order valence-corrected chi connectivity index (χ2v) is 10.8. The van der Waals surface area contributed by atoms with Gasteiger partial charge in [-0.2, -0.15) is 5.26 Å². The van der Waals surface area contributed by atoms with Gasteiger partial charge in [0, 0.05) is 62.9 Å². The number of allylic oxidation sites excluding steroid dienone is 1. The Bertz CT molecular complexity index is 1310. The van der Waals surface area contributed by atoms with Crippen molar-refractivity contribution in [1.29, 1.82) is 5.26 Å². The average Bonchev–Trinajstić information content (AvgIpc) is 3.50. The van der Waals surface area contributed by atoms with Crippen molar-refractivity contribution >= 4 is 12.4 Å². The summed E-state index contributed by atoms with van der Waals surface area (Å²) < 4.78 is 15.8. The number of aliphatic imine (C=N–C) groups is 1. The van der Waals surface area contributed by atoms with Crippen LogP contribution in [0.3, 0.4) is 0 Å². The van der Waals surface area contributed by atoms with Gasteiger partial charge in [0.1, 0.15) is 11.5 Å². The minimum absolute atomic E-state index is 0.392. The highest BCUT2D eigenvalue weighted by Crippen LogP contribution is 2.39. The molecule has 0 aliphatic carbocycles. The van der Waals surface area contributed by atoms with Gasteiger partial charge in [0.2, 0.25) is 0 Å². The summed E-state index contributed by atoms with van der Waals surface area (Å²) in [6.07, 6.45) is 5.11. The molecule has 2 aliphatic rings. The van der Waals surface area contributed by atoms with Gasteiger partial charge < -0.3 is 15.1 Å². The van der Waals surface area contributed by atoms with Gasteiger partial charge in [-0.3, -0.25) is 10.3 Å². The van der Waals surface area contributed by atoms with Crippen molar-refractivity contribution in [2.45, 2.75) is 51.7 Å². The fourth-order valence-electron chi connectivity index (χ4n) is 5.60. The zero-order valence-corrected chi connectivity index (χ0v) is 23.9. The smallest absolute Gasteiger partial charge is 0.139 e. The van der Waals surface area contributed by atoms with E-state index in [1.165, 1.54) is 29.5 Å². The third-order valence-electron chi connectivity index (χ3n) is 8.13. The van der Waals surface area contributed by atoms with Crippen LogP contribution in [0.5, 0.6) is 0 Å². The van der Waals surface area contributed by atoms with Crippen LogP contribution in [-0.2, 0) is 12.2 Å². The SMILES string of the molecule is C=NC(=C)/C=C(\NCNCc1cc(C(=C)N2CCC(F)(c3ccc(C#N)cc3)CC2)c(C)cc1C)N1CCCC1. The van der Waals surface area contributed by atoms with Crippen molar-refractivity contribution < 1.29 is 4.39 Å². The first-order chi connectivity index (χ1) is 19.2. The lowest BCUT2D eigenvalue weighted by Gasteiger charge is -2.39. The molecule has 0 amide bonds. The number of aryl methyl sites for hydroxylation is 2. The molecule has 40 heavy (non-hydrogen) atoms. The maximum absolute atomic E-state index is 15.8. The summed E-state index contributed by atoms with van der Waals surface area (Å²) in [5.41, 5.74) is 6.11. The summed E-state index contributed by atoms with van der Waals surface area (Å²) in [6.45, 7) is 20.7. The van der Waals surface area contributed by atoms with Crippen molar-refractivity contribution in [2.75, 3.05) is 32.8 Å². The van der Waals surface area contributed by atoms with Gasteiger partial charge in [-0.15, -0.1) is 0 Å². The van der Waals surface area contributed by atoms with Crippen LogP contribution in [0.25, 0.3) is 5.70 Å². The van der Waals surface area contributed by atoms with Gasteiger partial charge in [-0.05, 0) is 73.9 Å². The molecule has 0 unspecified atom stereocenters. The van der Waals surface area contributed by atoms with E-state index in [1.807, 2.05) is 6.08 Å². The summed E-state index contributed by atoms with van der Waals surface area (Å²) in [7, 11) is 0. The van der Waals surface area contributed by atoms with Crippen molar-refractivity contribution in [3.63, 3.8) is 0 Å². The van der Waals surface area contributed by atoms with Crippen LogP contribution in [-0.4, -0.2) is 49.4 Å². The first-order valence-corrected chi connectivity index (χ1v) is 14.0. The zero-order valence-electron chi connectivity index (χ0n) is 23.9. The molecular formula is C33H41FN6. The molecule has 2 aromatic carbocycles. The molecule has 6 nitrogen and oxygen atoms in total. The van der Waals surface area contributed by atoms with Gasteiger partial charge in [-0.25, -0.2) is 4.39 Å². The number of alkyl halides is 1. The molecule has 0 atom stereocenters. The molecule has 0 saturated carbocycles. The van der Waals surface area contributed by atoms with Crippen LogP contribution in [0.15, 0.2) is 72.1 Å². The standard InChI is InChI=1S/C33H41FN6/c1-24-18-25(2)31(20-29(24)22-37-23-38-32(19-26(3)36-5)40-14-6-7-15-40)27(4)39-16-12-33(34,13-17-39)30-10-8-28(21-35)9-11-30/h8-11,18-20,37-38H,3-7,12-17,22-23H2,1-2H3/b32-19+. The molecule has 210 valence electrons. The molecule has 2 aromatic rings. The second-order valence-electron chi connectivity index (χ2n) is 10.8. The summed E-state index contributed by atoms with van der Waals surface area (Å²) in [5, 5.41) is 16.1. The van der Waals surface area contributed by atoms with Gasteiger partial charge in [0.05, 0.1) is 24.0 Å². The Morgan fingerprint density at radius 3 is 2.35 bits per heavy atom. The minimum atomic E-state index is -1.38. The van der Waals surface area contributed by atoms with E-state index in [9.17, 15) is 0 Å². The third kappa shape index (κ3) is 6.81. The maximum atomic E-state index is 15.8. The average molecular weight is 541 g/mol. The Hall–Kier alpha value is -3.89. The predicted octanol–water partition coefficient (Wildman–Crippen LogP) is 5.89. The number of nitrogens with one attached hydrogen (secondary N) is 2. The van der Waals surface area contributed by atoms with Crippen LogP contribution in [0, 0.1) is 25.2 Å². The molecular weight excluding hydrogens is 499 g/mol. The molecule has 0 bridgehead atoms. The van der Waals surface area contributed by atoms with E-state index < -0.39 is 5.67 Å². The first kappa shape index (κ1) is 29.1. The van der Waals surface area contributed by atoms with Crippen LogP contribution in [0.1, 0.15) is 59.1 Å². The molecule has 0 radical (unpaired) electrons. The summed E-state index contributed by atoms with van der Waals surface area (Å²) in [4.78, 5) is 8.46. The number of hydrogen-bond acceptors (Lipinski definition) is 6. The summed E-state index contributed by atoms with van der Waals surface area (Å²) in [6, 6.07) is 13.4. The third-order valence-corrected chi connectivity index (χ3v) is 8.13. The molecule has 0 aromatic heterocycles. The second kappa shape index (κ2) is 13.0. The Balaban J connectivity index is 1.37. The molecule has 2 saturated heterocycles. The highest BCUT2D eigenvalue weighted by atomic mass is 19.1. The Labute approximate surface area is 238 Å². The molecule has 2 heterocycles. The fourth-order valence-corrected chi connectivity index (χ4v) is 5.60. The Kier molecular flexibility index (Phi) is 9.44. The Morgan fingerprint density at radius 1 is 1.05 bits per heavy atom. The van der Waals surface area contributed by atoms with E-state index in [2.05, 4.69) is 77.4 Å². The minimum Gasteiger partial charge on any atom is -0.371 e. The summed E-state index contributed by atoms with van der Waals surface area (Å²) in [5.74, 6) is 1.02. The van der Waals surface area contributed by atoms with Crippen LogP contribution >= 0.6 is 0 Å². The lowest BCUT2D eigenvalue weighted by molar-refractivity contribution is 0.0794. The molecule has 0 spiro atoms. The van der Waals surface area contributed by atoms with E-state index in [0.29, 0.717) is 56.0 Å². The lowest BCUT2D eigenvalue weighted by Crippen LogP contribution is -2.39. The van der Waals surface area contributed by atoms with E-state index in [4.69, 9.17) is 5.26 Å².